The molecular weight excluding hydrogens is 394 g/mol. The second kappa shape index (κ2) is 21.7. The number of nitrogens with two attached hydrogens (primary N) is 2. The number of nitrogens with one attached hydrogen (secondary N) is 1. The van der Waals surface area contributed by atoms with Gasteiger partial charge < -0.3 is 26.3 Å². The molecule has 0 aliphatic heterocycles. The van der Waals surface area contributed by atoms with Gasteiger partial charge in [0.2, 0.25) is 0 Å². The van der Waals surface area contributed by atoms with Crippen LogP contribution in [-0.4, -0.2) is 38.0 Å². The summed E-state index contributed by atoms with van der Waals surface area (Å²) in [6.45, 7) is 2.34. The summed E-state index contributed by atoms with van der Waals surface area (Å²) >= 11 is 0. The second-order valence-electron chi connectivity index (χ2n) is 8.50. The van der Waals surface area contributed by atoms with Crippen LogP contribution in [0.4, 0.5) is 9.59 Å². The molecule has 2 amide bonds. The van der Waals surface area contributed by atoms with Crippen molar-refractivity contribution in [2.24, 2.45) is 11.5 Å². The largest absolute Gasteiger partial charge is 0.442 e. The Morgan fingerprint density at radius 1 is 0.710 bits per heavy atom. The van der Waals surface area contributed by atoms with Gasteiger partial charge in [0.15, 0.2) is 6.10 Å². The minimum absolute atomic E-state index is 0.0736. The van der Waals surface area contributed by atoms with Crippen LogP contribution >= 0.6 is 0 Å². The number of ether oxygens (including phenoxy) is 2. The molecule has 0 aromatic heterocycles. The Balaban J connectivity index is 3.68. The number of rotatable bonds is 21. The van der Waals surface area contributed by atoms with Crippen molar-refractivity contribution >= 4 is 12.2 Å². The van der Waals surface area contributed by atoms with Gasteiger partial charge >= 0.3 is 12.2 Å². The zero-order valence-electron chi connectivity index (χ0n) is 20.2. The SMILES string of the molecule is CCCCCCCCCCCCCCCCCCC(OC(N)=O)C(CN)OC(=O)NC. The Bertz CT molecular complexity index is 435. The van der Waals surface area contributed by atoms with Crippen LogP contribution in [0, 0.1) is 0 Å². The predicted molar refractivity (Wildman–Crippen MR) is 127 cm³/mol. The molecule has 0 aliphatic carbocycles. The summed E-state index contributed by atoms with van der Waals surface area (Å²) in [5, 5.41) is 2.37. The van der Waals surface area contributed by atoms with Gasteiger partial charge in [-0.15, -0.1) is 0 Å². The monoisotopic (exact) mass is 443 g/mol. The zero-order valence-corrected chi connectivity index (χ0v) is 20.2. The fourth-order valence-electron chi connectivity index (χ4n) is 3.84. The van der Waals surface area contributed by atoms with Gasteiger partial charge in [-0.25, -0.2) is 9.59 Å². The van der Waals surface area contributed by atoms with Crippen molar-refractivity contribution in [2.75, 3.05) is 13.6 Å². The molecule has 0 aromatic rings. The Labute approximate surface area is 190 Å². The van der Waals surface area contributed by atoms with Crippen molar-refractivity contribution in [1.82, 2.24) is 5.32 Å². The van der Waals surface area contributed by atoms with Gasteiger partial charge in [0, 0.05) is 13.6 Å². The molecule has 0 heterocycles. The highest BCUT2D eigenvalue weighted by Gasteiger charge is 2.26. The van der Waals surface area contributed by atoms with E-state index in [-0.39, 0.29) is 6.54 Å². The van der Waals surface area contributed by atoms with Crippen LogP contribution in [0.5, 0.6) is 0 Å². The number of primary amides is 1. The van der Waals surface area contributed by atoms with E-state index >= 15 is 0 Å². The lowest BCUT2D eigenvalue weighted by atomic mass is 10.0. The van der Waals surface area contributed by atoms with Crippen LogP contribution in [0.3, 0.4) is 0 Å². The van der Waals surface area contributed by atoms with Gasteiger partial charge in [0.05, 0.1) is 0 Å². The Morgan fingerprint density at radius 3 is 1.48 bits per heavy atom. The molecule has 2 unspecified atom stereocenters. The van der Waals surface area contributed by atoms with Crippen LogP contribution in [0.1, 0.15) is 116 Å². The van der Waals surface area contributed by atoms with Gasteiger partial charge in [-0.1, -0.05) is 103 Å². The van der Waals surface area contributed by atoms with Crippen molar-refractivity contribution in [3.05, 3.63) is 0 Å². The summed E-state index contributed by atoms with van der Waals surface area (Å²) < 4.78 is 10.3. The maximum atomic E-state index is 11.4. The standard InChI is InChI=1S/C24H49N3O4/c1-3-4-5-6-7-8-9-10-11-12-13-14-15-16-17-18-19-21(30-23(26)28)22(20-25)31-24(29)27-2/h21-22H,3-20,25H2,1-2H3,(H2,26,28)(H,27,29). The van der Waals surface area contributed by atoms with E-state index in [0.717, 1.165) is 19.3 Å². The van der Waals surface area contributed by atoms with Gasteiger partial charge in [-0.2, -0.15) is 0 Å². The summed E-state index contributed by atoms with van der Waals surface area (Å²) in [6, 6.07) is 0. The number of unbranched alkanes of at least 4 members (excludes halogenated alkanes) is 15. The molecule has 0 rings (SSSR count). The molecule has 0 saturated heterocycles. The summed E-state index contributed by atoms with van der Waals surface area (Å²) in [4.78, 5) is 22.6. The molecule has 2 atom stereocenters. The van der Waals surface area contributed by atoms with E-state index in [9.17, 15) is 9.59 Å². The molecule has 7 nitrogen and oxygen atoms in total. The van der Waals surface area contributed by atoms with Crippen LogP contribution in [0.2, 0.25) is 0 Å². The molecule has 0 saturated carbocycles. The lowest BCUT2D eigenvalue weighted by Crippen LogP contribution is -2.43. The maximum absolute atomic E-state index is 11.4. The van der Waals surface area contributed by atoms with E-state index in [1.165, 1.54) is 90.5 Å². The van der Waals surface area contributed by atoms with Crippen molar-refractivity contribution in [3.63, 3.8) is 0 Å². The molecule has 5 N–H and O–H groups in total. The molecule has 0 fully saturated rings. The molecule has 0 spiro atoms. The van der Waals surface area contributed by atoms with Crippen molar-refractivity contribution in [2.45, 2.75) is 128 Å². The first kappa shape index (κ1) is 29.5. The average molecular weight is 444 g/mol. The first-order chi connectivity index (χ1) is 15.0. The van der Waals surface area contributed by atoms with E-state index in [1.54, 1.807) is 0 Å². The number of hydrogen-bond acceptors (Lipinski definition) is 5. The topological polar surface area (TPSA) is 117 Å². The van der Waals surface area contributed by atoms with Crippen molar-refractivity contribution < 1.29 is 19.1 Å². The zero-order chi connectivity index (χ0) is 23.2. The Kier molecular flexibility index (Phi) is 20.7. The molecule has 31 heavy (non-hydrogen) atoms. The summed E-state index contributed by atoms with van der Waals surface area (Å²) in [5.74, 6) is 0. The van der Waals surface area contributed by atoms with Crippen molar-refractivity contribution in [3.8, 4) is 0 Å². The van der Waals surface area contributed by atoms with E-state index < -0.39 is 24.4 Å². The maximum Gasteiger partial charge on any atom is 0.407 e. The highest BCUT2D eigenvalue weighted by Crippen LogP contribution is 2.16. The second-order valence-corrected chi connectivity index (χ2v) is 8.50. The number of hydrogen-bond donors (Lipinski definition) is 3. The minimum Gasteiger partial charge on any atom is -0.442 e. The van der Waals surface area contributed by atoms with E-state index in [0.29, 0.717) is 6.42 Å². The van der Waals surface area contributed by atoms with Crippen LogP contribution in [-0.2, 0) is 9.47 Å². The highest BCUT2D eigenvalue weighted by molar-refractivity contribution is 5.67. The number of carbonyl (C=O) groups excluding carboxylic acids is 2. The van der Waals surface area contributed by atoms with E-state index in [1.807, 2.05) is 0 Å². The summed E-state index contributed by atoms with van der Waals surface area (Å²) in [5.41, 5.74) is 10.8. The van der Waals surface area contributed by atoms with E-state index in [4.69, 9.17) is 20.9 Å². The summed E-state index contributed by atoms with van der Waals surface area (Å²) in [6.07, 6.45) is 18.6. The van der Waals surface area contributed by atoms with Gasteiger partial charge in [0.25, 0.3) is 0 Å². The smallest absolute Gasteiger partial charge is 0.407 e. The Morgan fingerprint density at radius 2 is 1.13 bits per heavy atom. The molecule has 0 aliphatic rings. The van der Waals surface area contributed by atoms with E-state index in [2.05, 4.69) is 12.2 Å². The summed E-state index contributed by atoms with van der Waals surface area (Å²) in [7, 11) is 1.47. The Hall–Kier alpha value is -1.50. The van der Waals surface area contributed by atoms with Gasteiger partial charge in [-0.3, -0.25) is 0 Å². The lowest BCUT2D eigenvalue weighted by Gasteiger charge is -2.25. The number of carbonyl (C=O) groups is 2. The average Bonchev–Trinajstić information content (AvgIpc) is 2.75. The third-order valence-electron chi connectivity index (χ3n) is 5.72. The van der Waals surface area contributed by atoms with Crippen LogP contribution in [0.15, 0.2) is 0 Å². The normalized spacial score (nSPS) is 12.9. The number of alkyl carbamates (subject to hydrolysis) is 1. The lowest BCUT2D eigenvalue weighted by molar-refractivity contribution is -0.00635. The molecule has 0 bridgehead atoms. The molecular formula is C24H49N3O4. The minimum atomic E-state index is -0.875. The first-order valence-corrected chi connectivity index (χ1v) is 12.6. The quantitative estimate of drug-likeness (QED) is 0.194. The first-order valence-electron chi connectivity index (χ1n) is 12.6. The fraction of sp³-hybridized carbons (Fsp3) is 0.917. The van der Waals surface area contributed by atoms with Gasteiger partial charge in [-0.05, 0) is 12.8 Å². The third kappa shape index (κ3) is 18.9. The molecule has 184 valence electrons. The molecule has 0 aromatic carbocycles. The van der Waals surface area contributed by atoms with Crippen LogP contribution in [0.25, 0.3) is 0 Å². The number of amides is 2. The van der Waals surface area contributed by atoms with Gasteiger partial charge in [0.1, 0.15) is 6.10 Å². The fourth-order valence-corrected chi connectivity index (χ4v) is 3.84. The third-order valence-corrected chi connectivity index (χ3v) is 5.72. The van der Waals surface area contributed by atoms with Crippen molar-refractivity contribution in [1.29, 1.82) is 0 Å². The molecule has 7 heteroatoms. The predicted octanol–water partition coefficient (Wildman–Crippen LogP) is 5.79. The van der Waals surface area contributed by atoms with Crippen LogP contribution < -0.4 is 16.8 Å². The molecule has 0 radical (unpaired) electrons. The highest BCUT2D eigenvalue weighted by atomic mass is 16.6.